The van der Waals surface area contributed by atoms with Gasteiger partial charge in [-0.3, -0.25) is 4.90 Å². The summed E-state index contributed by atoms with van der Waals surface area (Å²) < 4.78 is 5.86. The Hall–Kier alpha value is -1.50. The Morgan fingerprint density at radius 1 is 1.32 bits per heavy atom. The number of benzene rings is 1. The van der Waals surface area contributed by atoms with Crippen molar-refractivity contribution in [2.24, 2.45) is 5.92 Å². The summed E-state index contributed by atoms with van der Waals surface area (Å²) in [6.45, 7) is 6.70. The number of rotatable bonds is 6. The molecule has 1 aliphatic heterocycles. The Bertz CT molecular complexity index is 489. The highest BCUT2D eigenvalue weighted by molar-refractivity contribution is 5.21. The molecule has 22 heavy (non-hydrogen) atoms. The van der Waals surface area contributed by atoms with Gasteiger partial charge in [0, 0.05) is 6.04 Å². The summed E-state index contributed by atoms with van der Waals surface area (Å²) in [6, 6.07) is 10.4. The molecule has 1 saturated heterocycles. The van der Waals surface area contributed by atoms with Gasteiger partial charge >= 0.3 is 0 Å². The first-order valence-corrected chi connectivity index (χ1v) is 8.23. The first kappa shape index (κ1) is 16.9. The topological polar surface area (TPSA) is 32.7 Å². The second-order valence-corrected chi connectivity index (χ2v) is 6.36. The molecule has 3 nitrogen and oxygen atoms in total. The Kier molecular flexibility index (Phi) is 6.76. The molecule has 1 aromatic rings. The van der Waals surface area contributed by atoms with Crippen LogP contribution in [-0.2, 0) is 0 Å². The van der Waals surface area contributed by atoms with E-state index < -0.39 is 6.10 Å². The van der Waals surface area contributed by atoms with Crippen molar-refractivity contribution in [2.45, 2.75) is 45.3 Å². The molecule has 0 spiro atoms. The van der Waals surface area contributed by atoms with Crippen molar-refractivity contribution in [3.05, 3.63) is 30.3 Å². The third-order valence-corrected chi connectivity index (χ3v) is 3.93. The van der Waals surface area contributed by atoms with Crippen LogP contribution >= 0.6 is 0 Å². The van der Waals surface area contributed by atoms with Crippen LogP contribution < -0.4 is 4.74 Å². The lowest BCUT2D eigenvalue weighted by molar-refractivity contribution is 0.186. The summed E-state index contributed by atoms with van der Waals surface area (Å²) in [5.41, 5.74) is 0. The number of aliphatic hydroxyl groups is 1. The van der Waals surface area contributed by atoms with Crippen LogP contribution in [0.5, 0.6) is 5.75 Å². The van der Waals surface area contributed by atoms with Crippen LogP contribution in [-0.4, -0.2) is 41.8 Å². The van der Waals surface area contributed by atoms with E-state index in [1.165, 1.54) is 6.42 Å². The van der Waals surface area contributed by atoms with E-state index in [9.17, 15) is 5.11 Å². The highest BCUT2D eigenvalue weighted by Crippen LogP contribution is 2.18. The smallest absolute Gasteiger partial charge is 0.119 e. The molecule has 0 bridgehead atoms. The van der Waals surface area contributed by atoms with Crippen molar-refractivity contribution in [1.29, 1.82) is 0 Å². The van der Waals surface area contributed by atoms with E-state index in [1.54, 1.807) is 0 Å². The standard InChI is InChI=1S/C19H27NO2/c1-16(2)14-18(21)9-7-13-20-12-6-8-17(20)15-22-19-10-4-3-5-11-19/h3-5,10-11,16-18,21H,6,8,12-15H2,1-2H3/t17-,18+/m0/s1. The van der Waals surface area contributed by atoms with Gasteiger partial charge in [0.2, 0.25) is 0 Å². The molecule has 0 aromatic heterocycles. The zero-order valence-corrected chi connectivity index (χ0v) is 13.7. The van der Waals surface area contributed by atoms with Crippen LogP contribution in [0.4, 0.5) is 0 Å². The normalized spacial score (nSPS) is 19.7. The fraction of sp³-hybridized carbons (Fsp3) is 0.579. The fourth-order valence-corrected chi connectivity index (χ4v) is 2.77. The lowest BCUT2D eigenvalue weighted by Gasteiger charge is -2.22. The third-order valence-electron chi connectivity index (χ3n) is 3.93. The first-order valence-electron chi connectivity index (χ1n) is 8.23. The molecule has 1 fully saturated rings. The number of hydrogen-bond donors (Lipinski definition) is 1. The van der Waals surface area contributed by atoms with Gasteiger partial charge in [-0.1, -0.05) is 43.9 Å². The van der Waals surface area contributed by atoms with Gasteiger partial charge in [0.05, 0.1) is 6.54 Å². The highest BCUT2D eigenvalue weighted by Gasteiger charge is 2.24. The van der Waals surface area contributed by atoms with Gasteiger partial charge in [-0.15, -0.1) is 0 Å². The number of para-hydroxylation sites is 1. The van der Waals surface area contributed by atoms with Crippen LogP contribution in [0.1, 0.15) is 33.1 Å². The predicted octanol–water partition coefficient (Wildman–Crippen LogP) is 2.94. The number of likely N-dealkylation sites (tertiary alicyclic amines) is 1. The summed E-state index contributed by atoms with van der Waals surface area (Å²) in [7, 11) is 0. The van der Waals surface area contributed by atoms with Crippen molar-refractivity contribution in [3.63, 3.8) is 0 Å². The highest BCUT2D eigenvalue weighted by atomic mass is 16.5. The van der Waals surface area contributed by atoms with E-state index in [0.717, 1.165) is 31.7 Å². The van der Waals surface area contributed by atoms with Gasteiger partial charge in [-0.05, 0) is 43.9 Å². The predicted molar refractivity (Wildman–Crippen MR) is 89.8 cm³/mol. The Morgan fingerprint density at radius 3 is 2.82 bits per heavy atom. The Labute approximate surface area is 134 Å². The zero-order valence-electron chi connectivity index (χ0n) is 13.7. The van der Waals surface area contributed by atoms with Crippen molar-refractivity contribution in [3.8, 4) is 17.6 Å². The van der Waals surface area contributed by atoms with E-state index >= 15 is 0 Å². The lowest BCUT2D eigenvalue weighted by atomic mass is 10.1. The first-order chi connectivity index (χ1) is 10.6. The molecule has 2 rings (SSSR count). The Balaban J connectivity index is 1.77. The Morgan fingerprint density at radius 2 is 2.09 bits per heavy atom. The quantitative estimate of drug-likeness (QED) is 0.820. The average molecular weight is 301 g/mol. The minimum atomic E-state index is -0.498. The number of aliphatic hydroxyl groups excluding tert-OH is 1. The summed E-state index contributed by atoms with van der Waals surface area (Å²) in [6.07, 6.45) is 2.59. The van der Waals surface area contributed by atoms with Crippen LogP contribution in [0.3, 0.4) is 0 Å². The maximum absolute atomic E-state index is 9.79. The summed E-state index contributed by atoms with van der Waals surface area (Å²) in [4.78, 5) is 2.36. The van der Waals surface area contributed by atoms with Crippen LogP contribution in [0, 0.1) is 17.8 Å². The van der Waals surface area contributed by atoms with E-state index in [-0.39, 0.29) is 0 Å². The number of ether oxygens (including phenoxy) is 1. The van der Waals surface area contributed by atoms with Crippen molar-refractivity contribution in [2.75, 3.05) is 19.7 Å². The summed E-state index contributed by atoms with van der Waals surface area (Å²) in [5.74, 6) is 7.49. The molecule has 1 aliphatic rings. The van der Waals surface area contributed by atoms with E-state index in [4.69, 9.17) is 4.74 Å². The molecule has 1 heterocycles. The molecule has 2 atom stereocenters. The lowest BCUT2D eigenvalue weighted by Crippen LogP contribution is -2.34. The van der Waals surface area contributed by atoms with E-state index in [1.807, 2.05) is 30.3 Å². The molecule has 120 valence electrons. The third kappa shape index (κ3) is 5.71. The van der Waals surface area contributed by atoms with Crippen molar-refractivity contribution < 1.29 is 9.84 Å². The number of hydrogen-bond acceptors (Lipinski definition) is 3. The molecule has 3 heteroatoms. The molecule has 0 aliphatic carbocycles. The molecule has 0 radical (unpaired) electrons. The van der Waals surface area contributed by atoms with Gasteiger partial charge < -0.3 is 9.84 Å². The monoisotopic (exact) mass is 301 g/mol. The van der Waals surface area contributed by atoms with Gasteiger partial charge in [-0.2, -0.15) is 0 Å². The van der Waals surface area contributed by atoms with Gasteiger partial charge in [-0.25, -0.2) is 0 Å². The largest absolute Gasteiger partial charge is 0.492 e. The zero-order chi connectivity index (χ0) is 15.8. The second-order valence-electron chi connectivity index (χ2n) is 6.36. The minimum Gasteiger partial charge on any atom is -0.492 e. The van der Waals surface area contributed by atoms with Crippen LogP contribution in [0.15, 0.2) is 30.3 Å². The molecule has 1 N–H and O–H groups in total. The maximum Gasteiger partial charge on any atom is 0.119 e. The minimum absolute atomic E-state index is 0.428. The van der Waals surface area contributed by atoms with E-state index in [2.05, 4.69) is 30.6 Å². The van der Waals surface area contributed by atoms with Crippen LogP contribution in [0.25, 0.3) is 0 Å². The van der Waals surface area contributed by atoms with Gasteiger partial charge in [0.15, 0.2) is 0 Å². The van der Waals surface area contributed by atoms with Crippen LogP contribution in [0.2, 0.25) is 0 Å². The fourth-order valence-electron chi connectivity index (χ4n) is 2.77. The average Bonchev–Trinajstić information content (AvgIpc) is 2.93. The summed E-state index contributed by atoms with van der Waals surface area (Å²) in [5, 5.41) is 9.79. The van der Waals surface area contributed by atoms with Gasteiger partial charge in [0.25, 0.3) is 0 Å². The summed E-state index contributed by atoms with van der Waals surface area (Å²) >= 11 is 0. The molecule has 1 aromatic carbocycles. The van der Waals surface area contributed by atoms with Crippen molar-refractivity contribution >= 4 is 0 Å². The molecule has 0 amide bonds. The molecule has 0 unspecified atom stereocenters. The molecule has 0 saturated carbocycles. The second kappa shape index (κ2) is 8.82. The number of nitrogens with zero attached hydrogens (tertiary/aromatic N) is 1. The molecular formula is C19H27NO2. The maximum atomic E-state index is 9.79. The van der Waals surface area contributed by atoms with Gasteiger partial charge in [0.1, 0.15) is 18.5 Å². The van der Waals surface area contributed by atoms with E-state index in [0.29, 0.717) is 18.6 Å². The SMILES string of the molecule is CC(C)C[C@H](O)C#CCN1CCC[C@H]1COc1ccccc1. The van der Waals surface area contributed by atoms with Crippen molar-refractivity contribution in [1.82, 2.24) is 4.90 Å². The molecular weight excluding hydrogens is 274 g/mol.